The third kappa shape index (κ3) is 3.89. The highest BCUT2D eigenvalue weighted by Crippen LogP contribution is 2.26. The van der Waals surface area contributed by atoms with Gasteiger partial charge in [0.1, 0.15) is 17.2 Å². The average molecular weight is 365 g/mol. The maximum absolute atomic E-state index is 12.5. The standard InChI is InChI=1S/C21H23N3O3/c1-26-17-5-6-18-15(14-27-19(18)13-17)12-21(25)23-16-7-10-24(11-8-16)20-4-2-3-9-22-20/h2-6,9,13-14,16H,7-8,10-12H2,1H3,(H,23,25). The van der Waals surface area contributed by atoms with E-state index in [1.54, 1.807) is 13.4 Å². The van der Waals surface area contributed by atoms with E-state index < -0.39 is 0 Å². The van der Waals surface area contributed by atoms with Gasteiger partial charge in [-0.05, 0) is 37.1 Å². The summed E-state index contributed by atoms with van der Waals surface area (Å²) in [6, 6.07) is 11.8. The molecule has 0 aliphatic carbocycles. The minimum absolute atomic E-state index is 0.0322. The van der Waals surface area contributed by atoms with E-state index in [-0.39, 0.29) is 11.9 Å². The Balaban J connectivity index is 1.33. The molecule has 0 atom stereocenters. The van der Waals surface area contributed by atoms with Gasteiger partial charge >= 0.3 is 0 Å². The van der Waals surface area contributed by atoms with Crippen LogP contribution in [0.15, 0.2) is 53.3 Å². The number of fused-ring (bicyclic) bond motifs is 1. The molecule has 6 heteroatoms. The molecule has 1 N–H and O–H groups in total. The quantitative estimate of drug-likeness (QED) is 0.752. The number of carbonyl (C=O) groups excluding carboxylic acids is 1. The number of anilines is 1. The number of rotatable bonds is 5. The van der Waals surface area contributed by atoms with Gasteiger partial charge in [0.05, 0.1) is 19.8 Å². The van der Waals surface area contributed by atoms with Crippen LogP contribution in [0, 0.1) is 0 Å². The number of pyridine rings is 1. The molecule has 1 aliphatic heterocycles. The van der Waals surface area contributed by atoms with Crippen molar-refractivity contribution in [3.05, 3.63) is 54.4 Å². The topological polar surface area (TPSA) is 67.6 Å². The SMILES string of the molecule is COc1ccc2c(CC(=O)NC3CCN(c4ccccn4)CC3)coc2c1. The molecule has 6 nitrogen and oxygen atoms in total. The number of benzene rings is 1. The minimum atomic E-state index is 0.0322. The monoisotopic (exact) mass is 365 g/mol. The Labute approximate surface area is 158 Å². The number of nitrogens with one attached hydrogen (secondary N) is 1. The van der Waals surface area contributed by atoms with E-state index in [1.165, 1.54) is 0 Å². The lowest BCUT2D eigenvalue weighted by Crippen LogP contribution is -2.45. The van der Waals surface area contributed by atoms with Crippen LogP contribution in [0.2, 0.25) is 0 Å². The summed E-state index contributed by atoms with van der Waals surface area (Å²) in [5.41, 5.74) is 1.64. The second-order valence-electron chi connectivity index (χ2n) is 6.82. The van der Waals surface area contributed by atoms with Gasteiger partial charge in [-0.15, -0.1) is 0 Å². The molecule has 1 aliphatic rings. The molecule has 3 heterocycles. The van der Waals surface area contributed by atoms with Crippen LogP contribution in [-0.4, -0.2) is 37.1 Å². The fourth-order valence-electron chi connectivity index (χ4n) is 3.57. The number of amides is 1. The fourth-order valence-corrected chi connectivity index (χ4v) is 3.57. The summed E-state index contributed by atoms with van der Waals surface area (Å²) in [7, 11) is 1.62. The molecule has 3 aromatic rings. The number of nitrogens with zero attached hydrogens (tertiary/aromatic N) is 2. The van der Waals surface area contributed by atoms with E-state index in [0.717, 1.165) is 54.0 Å². The minimum Gasteiger partial charge on any atom is -0.497 e. The zero-order valence-electron chi connectivity index (χ0n) is 15.4. The number of methoxy groups -OCH3 is 1. The van der Waals surface area contributed by atoms with E-state index in [1.807, 2.05) is 42.6 Å². The highest BCUT2D eigenvalue weighted by atomic mass is 16.5. The van der Waals surface area contributed by atoms with Gasteiger partial charge < -0.3 is 19.4 Å². The largest absolute Gasteiger partial charge is 0.497 e. The zero-order valence-corrected chi connectivity index (χ0v) is 15.4. The van der Waals surface area contributed by atoms with E-state index in [0.29, 0.717) is 6.42 Å². The first-order valence-corrected chi connectivity index (χ1v) is 9.22. The third-order valence-electron chi connectivity index (χ3n) is 5.05. The van der Waals surface area contributed by atoms with Gasteiger partial charge in [0.2, 0.25) is 5.91 Å². The van der Waals surface area contributed by atoms with E-state index in [9.17, 15) is 4.79 Å². The average Bonchev–Trinajstić information content (AvgIpc) is 3.11. The van der Waals surface area contributed by atoms with Crippen molar-refractivity contribution in [2.75, 3.05) is 25.1 Å². The van der Waals surface area contributed by atoms with Crippen LogP contribution < -0.4 is 15.0 Å². The Morgan fingerprint density at radius 1 is 1.30 bits per heavy atom. The predicted octanol–water partition coefficient (Wildman–Crippen LogP) is 3.16. The molecule has 2 aromatic heterocycles. The fraction of sp³-hybridized carbons (Fsp3) is 0.333. The van der Waals surface area contributed by atoms with Gasteiger partial charge in [-0.3, -0.25) is 4.79 Å². The van der Waals surface area contributed by atoms with Crippen LogP contribution in [0.25, 0.3) is 11.0 Å². The Hall–Kier alpha value is -3.02. The van der Waals surface area contributed by atoms with Crippen molar-refractivity contribution in [3.63, 3.8) is 0 Å². The molecule has 1 amide bonds. The summed E-state index contributed by atoms with van der Waals surface area (Å²) in [5.74, 6) is 1.78. The van der Waals surface area contributed by atoms with Gasteiger partial charge in [-0.2, -0.15) is 0 Å². The van der Waals surface area contributed by atoms with Crippen LogP contribution >= 0.6 is 0 Å². The second-order valence-corrected chi connectivity index (χ2v) is 6.82. The first-order valence-electron chi connectivity index (χ1n) is 9.22. The Morgan fingerprint density at radius 2 is 2.15 bits per heavy atom. The number of furan rings is 1. The summed E-state index contributed by atoms with van der Waals surface area (Å²) in [4.78, 5) is 19.2. The Bertz CT molecular complexity index is 915. The number of aromatic nitrogens is 1. The molecule has 0 spiro atoms. The molecule has 0 radical (unpaired) electrons. The molecule has 1 saturated heterocycles. The highest BCUT2D eigenvalue weighted by Gasteiger charge is 2.22. The Kier molecular flexibility index (Phi) is 4.96. The molecule has 1 aromatic carbocycles. The summed E-state index contributed by atoms with van der Waals surface area (Å²) in [6.07, 6.45) is 5.64. The summed E-state index contributed by atoms with van der Waals surface area (Å²) >= 11 is 0. The van der Waals surface area contributed by atoms with Crippen molar-refractivity contribution in [1.29, 1.82) is 0 Å². The van der Waals surface area contributed by atoms with Gasteiger partial charge in [0.15, 0.2) is 0 Å². The molecule has 0 unspecified atom stereocenters. The lowest BCUT2D eigenvalue weighted by Gasteiger charge is -2.33. The molecular weight excluding hydrogens is 342 g/mol. The molecule has 1 fully saturated rings. The Morgan fingerprint density at radius 3 is 2.89 bits per heavy atom. The number of hydrogen-bond acceptors (Lipinski definition) is 5. The van der Waals surface area contributed by atoms with Crippen molar-refractivity contribution in [2.24, 2.45) is 0 Å². The van der Waals surface area contributed by atoms with Crippen molar-refractivity contribution < 1.29 is 13.9 Å². The van der Waals surface area contributed by atoms with Gasteiger partial charge in [-0.25, -0.2) is 4.98 Å². The van der Waals surface area contributed by atoms with Gasteiger partial charge in [0, 0.05) is 42.3 Å². The van der Waals surface area contributed by atoms with Crippen LogP contribution in [0.3, 0.4) is 0 Å². The highest BCUT2D eigenvalue weighted by molar-refractivity contribution is 5.88. The van der Waals surface area contributed by atoms with Crippen molar-refractivity contribution in [1.82, 2.24) is 10.3 Å². The summed E-state index contributed by atoms with van der Waals surface area (Å²) in [6.45, 7) is 1.80. The third-order valence-corrected chi connectivity index (χ3v) is 5.05. The van der Waals surface area contributed by atoms with Crippen LogP contribution in [0.1, 0.15) is 18.4 Å². The van der Waals surface area contributed by atoms with Crippen molar-refractivity contribution in [2.45, 2.75) is 25.3 Å². The molecule has 140 valence electrons. The summed E-state index contributed by atoms with van der Waals surface area (Å²) in [5, 5.41) is 4.12. The predicted molar refractivity (Wildman–Crippen MR) is 104 cm³/mol. The van der Waals surface area contributed by atoms with Crippen LogP contribution in [0.5, 0.6) is 5.75 Å². The van der Waals surface area contributed by atoms with Gasteiger partial charge in [-0.1, -0.05) is 6.07 Å². The lowest BCUT2D eigenvalue weighted by atomic mass is 10.0. The number of ether oxygens (including phenoxy) is 1. The maximum Gasteiger partial charge on any atom is 0.224 e. The molecule has 27 heavy (non-hydrogen) atoms. The molecule has 0 saturated carbocycles. The lowest BCUT2D eigenvalue weighted by molar-refractivity contribution is -0.121. The zero-order chi connectivity index (χ0) is 18.6. The first kappa shape index (κ1) is 17.4. The van der Waals surface area contributed by atoms with E-state index >= 15 is 0 Å². The number of carbonyl (C=O) groups is 1. The van der Waals surface area contributed by atoms with E-state index in [4.69, 9.17) is 9.15 Å². The number of hydrogen-bond donors (Lipinski definition) is 1. The summed E-state index contributed by atoms with van der Waals surface area (Å²) < 4.78 is 10.8. The van der Waals surface area contributed by atoms with E-state index in [2.05, 4.69) is 15.2 Å². The molecule has 4 rings (SSSR count). The van der Waals surface area contributed by atoms with Crippen LogP contribution in [0.4, 0.5) is 5.82 Å². The van der Waals surface area contributed by atoms with Gasteiger partial charge in [0.25, 0.3) is 0 Å². The normalized spacial score (nSPS) is 15.1. The molecular formula is C21H23N3O3. The van der Waals surface area contributed by atoms with Crippen LogP contribution in [-0.2, 0) is 11.2 Å². The maximum atomic E-state index is 12.5. The van der Waals surface area contributed by atoms with Crippen molar-refractivity contribution >= 4 is 22.7 Å². The molecule has 0 bridgehead atoms. The second kappa shape index (κ2) is 7.70. The number of piperidine rings is 1. The smallest absolute Gasteiger partial charge is 0.224 e. The first-order chi connectivity index (χ1) is 13.2. The van der Waals surface area contributed by atoms with Crippen molar-refractivity contribution in [3.8, 4) is 5.75 Å².